The second-order valence-corrected chi connectivity index (χ2v) is 7.45. The summed E-state index contributed by atoms with van der Waals surface area (Å²) < 4.78 is 12.4. The van der Waals surface area contributed by atoms with Gasteiger partial charge in [-0.1, -0.05) is 19.9 Å². The zero-order valence-electron chi connectivity index (χ0n) is 13.8. The van der Waals surface area contributed by atoms with Crippen molar-refractivity contribution in [2.24, 2.45) is 5.92 Å². The molecular formula is C17H28BrNO2. The van der Waals surface area contributed by atoms with Crippen LogP contribution in [0.3, 0.4) is 0 Å². The van der Waals surface area contributed by atoms with Gasteiger partial charge in [0.2, 0.25) is 0 Å². The molecule has 1 aromatic rings. The minimum atomic E-state index is -0.119. The van der Waals surface area contributed by atoms with Gasteiger partial charge < -0.3 is 14.8 Å². The Morgan fingerprint density at radius 3 is 2.48 bits per heavy atom. The number of benzene rings is 1. The Bertz CT molecular complexity index is 427. The molecule has 0 amide bonds. The predicted octanol–water partition coefficient (Wildman–Crippen LogP) is 4.39. The van der Waals surface area contributed by atoms with Crippen LogP contribution in [0.15, 0.2) is 22.7 Å². The fraction of sp³-hybridized carbons (Fsp3) is 0.647. The van der Waals surface area contributed by atoms with Crippen molar-refractivity contribution in [3.8, 4) is 5.75 Å². The molecule has 0 radical (unpaired) electrons. The summed E-state index contributed by atoms with van der Waals surface area (Å²) >= 11 is 3.57. The molecular weight excluding hydrogens is 330 g/mol. The molecule has 0 saturated carbocycles. The molecule has 0 aliphatic heterocycles. The smallest absolute Gasteiger partial charge is 0.133 e. The lowest BCUT2D eigenvalue weighted by Gasteiger charge is -2.19. The van der Waals surface area contributed by atoms with E-state index in [2.05, 4.69) is 47.2 Å². The number of hydrogen-bond donors (Lipinski definition) is 1. The van der Waals surface area contributed by atoms with E-state index in [1.165, 1.54) is 5.56 Å². The Kier molecular flexibility index (Phi) is 7.71. The summed E-state index contributed by atoms with van der Waals surface area (Å²) in [6, 6.07) is 6.21. The van der Waals surface area contributed by atoms with Gasteiger partial charge in [-0.3, -0.25) is 0 Å². The van der Waals surface area contributed by atoms with E-state index in [1.807, 2.05) is 26.8 Å². The Morgan fingerprint density at radius 1 is 1.19 bits per heavy atom. The summed E-state index contributed by atoms with van der Waals surface area (Å²) in [6.45, 7) is 13.6. The summed E-state index contributed by atoms with van der Waals surface area (Å²) in [5, 5.41) is 3.44. The molecule has 0 atom stereocenters. The van der Waals surface area contributed by atoms with Gasteiger partial charge in [0, 0.05) is 6.54 Å². The molecule has 1 N–H and O–H groups in total. The van der Waals surface area contributed by atoms with E-state index in [0.717, 1.165) is 23.3 Å². The molecule has 0 aromatic heterocycles. The van der Waals surface area contributed by atoms with E-state index in [-0.39, 0.29) is 5.60 Å². The fourth-order valence-electron chi connectivity index (χ4n) is 1.78. The van der Waals surface area contributed by atoms with Crippen LogP contribution >= 0.6 is 15.9 Å². The number of ether oxygens (including phenoxy) is 2. The molecule has 4 heteroatoms. The van der Waals surface area contributed by atoms with Crippen LogP contribution in [0.4, 0.5) is 0 Å². The van der Waals surface area contributed by atoms with E-state index < -0.39 is 0 Å². The third-order valence-electron chi connectivity index (χ3n) is 2.75. The standard InChI is InChI=1S/C17H28BrNO2/c1-13(2)11-19-12-14-6-7-16(15(18)10-14)20-8-9-21-17(3,4)5/h6-7,10,13,19H,8-9,11-12H2,1-5H3. The first kappa shape index (κ1) is 18.5. The van der Waals surface area contributed by atoms with Gasteiger partial charge in [0.15, 0.2) is 0 Å². The van der Waals surface area contributed by atoms with Gasteiger partial charge in [-0.05, 0) is 66.9 Å². The summed E-state index contributed by atoms with van der Waals surface area (Å²) in [4.78, 5) is 0. The predicted molar refractivity (Wildman–Crippen MR) is 91.9 cm³/mol. The molecule has 0 heterocycles. The Hall–Kier alpha value is -0.580. The maximum Gasteiger partial charge on any atom is 0.133 e. The Balaban J connectivity index is 2.39. The van der Waals surface area contributed by atoms with Crippen LogP contribution < -0.4 is 10.1 Å². The van der Waals surface area contributed by atoms with Gasteiger partial charge in [-0.2, -0.15) is 0 Å². The molecule has 21 heavy (non-hydrogen) atoms. The maximum absolute atomic E-state index is 5.74. The molecule has 0 saturated heterocycles. The number of rotatable bonds is 8. The van der Waals surface area contributed by atoms with Crippen LogP contribution in [0, 0.1) is 5.92 Å². The summed E-state index contributed by atoms with van der Waals surface area (Å²) in [7, 11) is 0. The van der Waals surface area contributed by atoms with Crippen molar-refractivity contribution in [2.75, 3.05) is 19.8 Å². The molecule has 0 unspecified atom stereocenters. The highest BCUT2D eigenvalue weighted by Gasteiger charge is 2.10. The first-order valence-corrected chi connectivity index (χ1v) is 8.33. The second-order valence-electron chi connectivity index (χ2n) is 6.60. The van der Waals surface area contributed by atoms with E-state index >= 15 is 0 Å². The number of nitrogens with one attached hydrogen (secondary N) is 1. The highest BCUT2D eigenvalue weighted by atomic mass is 79.9. The van der Waals surface area contributed by atoms with E-state index in [4.69, 9.17) is 9.47 Å². The maximum atomic E-state index is 5.74. The largest absolute Gasteiger partial charge is 0.490 e. The summed E-state index contributed by atoms with van der Waals surface area (Å²) in [6.07, 6.45) is 0. The SMILES string of the molecule is CC(C)CNCc1ccc(OCCOC(C)(C)C)c(Br)c1. The van der Waals surface area contributed by atoms with Gasteiger partial charge in [-0.25, -0.2) is 0 Å². The van der Waals surface area contributed by atoms with E-state index in [0.29, 0.717) is 19.1 Å². The van der Waals surface area contributed by atoms with Crippen molar-refractivity contribution in [1.82, 2.24) is 5.32 Å². The van der Waals surface area contributed by atoms with Crippen LogP contribution in [0.1, 0.15) is 40.2 Å². The minimum absolute atomic E-state index is 0.119. The van der Waals surface area contributed by atoms with Crippen molar-refractivity contribution in [1.29, 1.82) is 0 Å². The van der Waals surface area contributed by atoms with Crippen LogP contribution in [-0.2, 0) is 11.3 Å². The molecule has 0 aliphatic carbocycles. The lowest BCUT2D eigenvalue weighted by Crippen LogP contribution is -2.22. The molecule has 1 rings (SSSR count). The highest BCUT2D eigenvalue weighted by molar-refractivity contribution is 9.10. The monoisotopic (exact) mass is 357 g/mol. The highest BCUT2D eigenvalue weighted by Crippen LogP contribution is 2.26. The second kappa shape index (κ2) is 8.76. The van der Waals surface area contributed by atoms with Crippen molar-refractivity contribution in [2.45, 2.75) is 46.8 Å². The molecule has 0 aliphatic rings. The first-order valence-electron chi connectivity index (χ1n) is 7.54. The van der Waals surface area contributed by atoms with Gasteiger partial charge in [-0.15, -0.1) is 0 Å². The Labute approximate surface area is 137 Å². The molecule has 1 aromatic carbocycles. The van der Waals surface area contributed by atoms with Crippen molar-refractivity contribution in [3.05, 3.63) is 28.2 Å². The fourth-order valence-corrected chi connectivity index (χ4v) is 2.32. The normalized spacial score (nSPS) is 12.0. The van der Waals surface area contributed by atoms with E-state index in [9.17, 15) is 0 Å². The number of halogens is 1. The lowest BCUT2D eigenvalue weighted by atomic mass is 10.2. The number of hydrogen-bond acceptors (Lipinski definition) is 3. The quantitative estimate of drug-likeness (QED) is 0.699. The zero-order chi connectivity index (χ0) is 15.9. The zero-order valence-corrected chi connectivity index (χ0v) is 15.4. The van der Waals surface area contributed by atoms with Crippen LogP contribution in [0.2, 0.25) is 0 Å². The van der Waals surface area contributed by atoms with Gasteiger partial charge in [0.05, 0.1) is 16.7 Å². The Morgan fingerprint density at radius 2 is 1.90 bits per heavy atom. The van der Waals surface area contributed by atoms with Crippen molar-refractivity contribution >= 4 is 15.9 Å². The third-order valence-corrected chi connectivity index (χ3v) is 3.37. The van der Waals surface area contributed by atoms with Crippen LogP contribution in [0.5, 0.6) is 5.75 Å². The average molecular weight is 358 g/mol. The summed E-state index contributed by atoms with van der Waals surface area (Å²) in [5.41, 5.74) is 1.13. The molecule has 0 fully saturated rings. The van der Waals surface area contributed by atoms with Gasteiger partial charge in [0.25, 0.3) is 0 Å². The molecule has 3 nitrogen and oxygen atoms in total. The van der Waals surface area contributed by atoms with Crippen LogP contribution in [0.25, 0.3) is 0 Å². The van der Waals surface area contributed by atoms with Crippen molar-refractivity contribution in [3.63, 3.8) is 0 Å². The minimum Gasteiger partial charge on any atom is -0.490 e. The van der Waals surface area contributed by atoms with E-state index in [1.54, 1.807) is 0 Å². The lowest BCUT2D eigenvalue weighted by molar-refractivity contribution is -0.0163. The third kappa shape index (κ3) is 8.44. The topological polar surface area (TPSA) is 30.5 Å². The molecule has 120 valence electrons. The van der Waals surface area contributed by atoms with Gasteiger partial charge >= 0.3 is 0 Å². The average Bonchev–Trinajstić information content (AvgIpc) is 2.35. The van der Waals surface area contributed by atoms with Crippen LogP contribution in [-0.4, -0.2) is 25.4 Å². The van der Waals surface area contributed by atoms with Gasteiger partial charge in [0.1, 0.15) is 12.4 Å². The summed E-state index contributed by atoms with van der Waals surface area (Å²) in [5.74, 6) is 1.53. The molecule has 0 bridgehead atoms. The first-order chi connectivity index (χ1) is 9.78. The molecule has 0 spiro atoms. The van der Waals surface area contributed by atoms with Crippen molar-refractivity contribution < 1.29 is 9.47 Å².